The maximum Gasteiger partial charge on any atom is 0.150 e. The first kappa shape index (κ1) is 71.3. The van der Waals surface area contributed by atoms with Crippen molar-refractivity contribution in [3.05, 3.63) is 335 Å². The highest BCUT2D eigenvalue weighted by atomic mass is 19.1. The number of para-hydroxylation sites is 2. The molecule has 2 aliphatic carbocycles. The molecule has 14 heteroatoms. The van der Waals surface area contributed by atoms with Gasteiger partial charge in [-0.15, -0.1) is 0 Å². The van der Waals surface area contributed by atoms with Crippen LogP contribution in [0.5, 0.6) is 23.0 Å². The van der Waals surface area contributed by atoms with Gasteiger partial charge in [0, 0.05) is 36.0 Å². The fourth-order valence-electron chi connectivity index (χ4n) is 16.2. The van der Waals surface area contributed by atoms with Crippen LogP contribution >= 0.6 is 0 Å². The molecule has 2 unspecified atom stereocenters. The van der Waals surface area contributed by atoms with E-state index in [9.17, 15) is 0 Å². The quantitative estimate of drug-likeness (QED) is 0.0334. The molecule has 2 saturated heterocycles. The van der Waals surface area contributed by atoms with Crippen molar-refractivity contribution >= 4 is 34.1 Å². The van der Waals surface area contributed by atoms with Crippen LogP contribution in [0.2, 0.25) is 0 Å². The number of nitrogens with zero attached hydrogens (tertiary/aromatic N) is 2. The molecule has 2 heterocycles. The van der Waals surface area contributed by atoms with Gasteiger partial charge in [0.2, 0.25) is 0 Å². The normalized spacial score (nSPS) is 16.8. The number of benzene rings is 12. The third kappa shape index (κ3) is 12.9. The van der Waals surface area contributed by atoms with Crippen LogP contribution in [0.25, 0.3) is 33.4 Å². The Labute approximate surface area is 628 Å². The summed E-state index contributed by atoms with van der Waals surface area (Å²) in [6.45, 7) is 14.8. The average molecular weight is 1450 g/mol. The molecule has 0 aromatic heterocycles. The number of hydrogen-bond acceptors (Lipinski definition) is 10. The second-order valence-electron chi connectivity index (χ2n) is 28.4. The van der Waals surface area contributed by atoms with Crippen LogP contribution in [0, 0.1) is 34.1 Å². The van der Waals surface area contributed by atoms with Gasteiger partial charge in [-0.05, 0) is 226 Å². The molecule has 0 spiro atoms. The Bertz CT molecular complexity index is 4810. The van der Waals surface area contributed by atoms with Gasteiger partial charge in [-0.2, -0.15) is 0 Å². The Kier molecular flexibility index (Phi) is 20.0. The lowest BCUT2D eigenvalue weighted by molar-refractivity contribution is -0.133. The second kappa shape index (κ2) is 30.3. The summed E-state index contributed by atoms with van der Waals surface area (Å²) < 4.78 is 115. The maximum absolute atomic E-state index is 16.9. The van der Waals surface area contributed by atoms with Gasteiger partial charge in [0.1, 0.15) is 70.9 Å². The summed E-state index contributed by atoms with van der Waals surface area (Å²) in [4.78, 5) is 3.28. The summed E-state index contributed by atoms with van der Waals surface area (Å²) in [7, 11) is 0. The lowest BCUT2D eigenvalue weighted by atomic mass is 9.67. The fourth-order valence-corrected chi connectivity index (χ4v) is 16.2. The first-order chi connectivity index (χ1) is 52.9. The van der Waals surface area contributed by atoms with Crippen LogP contribution in [0.3, 0.4) is 0 Å². The fraction of sp³-hybridized carbons (Fsp3) is 0.234. The largest absolute Gasteiger partial charge is 0.493 e. The van der Waals surface area contributed by atoms with Gasteiger partial charge in [-0.3, -0.25) is 0 Å². The molecule has 0 saturated carbocycles. The summed E-state index contributed by atoms with van der Waals surface area (Å²) >= 11 is 0. The van der Waals surface area contributed by atoms with Crippen molar-refractivity contribution in [1.82, 2.24) is 0 Å². The zero-order chi connectivity index (χ0) is 74.0. The zero-order valence-corrected chi connectivity index (χ0v) is 61.0. The molecule has 2 atom stereocenters. The minimum atomic E-state index is -0.948. The van der Waals surface area contributed by atoms with Crippen molar-refractivity contribution in [2.45, 2.75) is 51.4 Å². The average Bonchev–Trinajstić information content (AvgIpc) is 1.53. The number of fused-ring (bicyclic) bond motifs is 6. The first-order valence-electron chi connectivity index (χ1n) is 37.3. The van der Waals surface area contributed by atoms with E-state index in [1.807, 2.05) is 135 Å². The molecule has 0 bridgehead atoms. The number of rotatable bonds is 29. The lowest BCUT2D eigenvalue weighted by Gasteiger charge is -2.40. The summed E-state index contributed by atoms with van der Waals surface area (Å²) in [5, 5.41) is 0. The molecule has 4 aliphatic rings. The Morgan fingerprint density at radius 1 is 0.315 bits per heavy atom. The number of ether oxygens (including phenoxy) is 8. The van der Waals surface area contributed by atoms with Crippen molar-refractivity contribution in [2.75, 3.05) is 89.1 Å². The Hall–Kier alpha value is -11.0. The Balaban J connectivity index is 0.772. The van der Waals surface area contributed by atoms with Crippen molar-refractivity contribution in [3.63, 3.8) is 0 Å². The minimum Gasteiger partial charge on any atom is -0.493 e. The third-order valence-electron chi connectivity index (χ3n) is 22.3. The standard InChI is InChI=1S/C94H84F4N2O8/c1-5-91(57-103-58-91)61-107-75-45-31-67(32-46-75)93(65-27-41-73(42-28-65)105-53-51-101-7-3)81-17-11-9-15-77(81)79-49-39-71(55-83(79)93)99(89-85(95)19-13-20-86(89)96)69-35-23-63(24-36-69)64-25-37-70(38-26-64)100(90-87(97)21-14-22-88(90)98)72-40-50-80-78-16-10-12-18-82(78)94(84(80)56-72,66-29-43-74(44-30-66)106-54-52-102-8-4)68-33-47-76(48-34-68)108-62-92(6-2)59-104-60-92/h9-50,55-56H,5-8,51-54,57-62H2,1-4H3. The molecule has 546 valence electrons. The Morgan fingerprint density at radius 3 is 0.944 bits per heavy atom. The predicted octanol–water partition coefficient (Wildman–Crippen LogP) is 22.0. The molecule has 2 aliphatic heterocycles. The molecule has 12 aromatic rings. The van der Waals surface area contributed by atoms with Crippen molar-refractivity contribution in [3.8, 4) is 56.4 Å². The van der Waals surface area contributed by atoms with Crippen molar-refractivity contribution < 1.29 is 55.5 Å². The molecule has 0 radical (unpaired) electrons. The number of anilines is 6. The first-order valence-corrected chi connectivity index (χ1v) is 37.3. The highest BCUT2D eigenvalue weighted by Crippen LogP contribution is 2.60. The van der Waals surface area contributed by atoms with E-state index in [-0.39, 0.29) is 22.2 Å². The topological polar surface area (TPSA) is 80.3 Å². The zero-order valence-electron chi connectivity index (χ0n) is 61.0. The van der Waals surface area contributed by atoms with E-state index in [2.05, 4.69) is 123 Å². The number of halogens is 4. The van der Waals surface area contributed by atoms with E-state index < -0.39 is 34.1 Å². The highest BCUT2D eigenvalue weighted by molar-refractivity contribution is 5.92. The van der Waals surface area contributed by atoms with Gasteiger partial charge >= 0.3 is 0 Å². The van der Waals surface area contributed by atoms with Crippen LogP contribution in [-0.2, 0) is 29.8 Å². The number of hydrogen-bond donors (Lipinski definition) is 0. The summed E-state index contributed by atoms with van der Waals surface area (Å²) in [5.41, 5.74) is 12.8. The van der Waals surface area contributed by atoms with Gasteiger partial charge in [0.15, 0.2) is 0 Å². The highest BCUT2D eigenvalue weighted by Gasteiger charge is 2.49. The van der Waals surface area contributed by atoms with Crippen LogP contribution in [0.15, 0.2) is 267 Å². The van der Waals surface area contributed by atoms with E-state index in [4.69, 9.17) is 37.9 Å². The molecule has 0 N–H and O–H groups in total. The third-order valence-corrected chi connectivity index (χ3v) is 22.3. The minimum absolute atomic E-state index is 0.0250. The lowest BCUT2D eigenvalue weighted by Crippen LogP contribution is -2.46. The van der Waals surface area contributed by atoms with Gasteiger partial charge in [0.25, 0.3) is 0 Å². The molecule has 0 amide bonds. The molecule has 108 heavy (non-hydrogen) atoms. The van der Waals surface area contributed by atoms with Gasteiger partial charge in [0.05, 0.1) is 74.5 Å². The summed E-state index contributed by atoms with van der Waals surface area (Å²) in [6, 6.07) is 84.7. The van der Waals surface area contributed by atoms with E-state index in [1.165, 1.54) is 36.4 Å². The monoisotopic (exact) mass is 1440 g/mol. The molecule has 2 fully saturated rings. The smallest absolute Gasteiger partial charge is 0.150 e. The molecule has 12 aromatic carbocycles. The van der Waals surface area contributed by atoms with Gasteiger partial charge in [-0.1, -0.05) is 159 Å². The van der Waals surface area contributed by atoms with E-state index in [1.54, 1.807) is 9.80 Å². The van der Waals surface area contributed by atoms with E-state index in [0.717, 1.165) is 102 Å². The Morgan fingerprint density at radius 2 is 0.630 bits per heavy atom. The van der Waals surface area contributed by atoms with Crippen LogP contribution in [0.1, 0.15) is 85.0 Å². The second-order valence-corrected chi connectivity index (χ2v) is 28.4. The molecule has 16 rings (SSSR count). The van der Waals surface area contributed by atoms with Crippen LogP contribution in [0.4, 0.5) is 51.7 Å². The van der Waals surface area contributed by atoms with Gasteiger partial charge < -0.3 is 47.7 Å². The van der Waals surface area contributed by atoms with Gasteiger partial charge in [-0.25, -0.2) is 17.6 Å². The predicted molar refractivity (Wildman–Crippen MR) is 418 cm³/mol. The van der Waals surface area contributed by atoms with E-state index >= 15 is 17.6 Å². The summed E-state index contributed by atoms with van der Waals surface area (Å²) in [6.07, 6.45) is 1.88. The van der Waals surface area contributed by atoms with Crippen molar-refractivity contribution in [2.24, 2.45) is 10.8 Å². The van der Waals surface area contributed by atoms with Crippen LogP contribution in [-0.4, -0.2) is 79.3 Å². The molecular weight excluding hydrogens is 1360 g/mol. The summed E-state index contributed by atoms with van der Waals surface area (Å²) in [5.74, 6) is -0.137. The van der Waals surface area contributed by atoms with Crippen molar-refractivity contribution in [1.29, 1.82) is 0 Å². The molecular formula is C94H84F4N2O8. The maximum atomic E-state index is 16.9. The SMILES string of the molecule is CCOCCOc1ccc(C2(c3ccc(OCC4(CC)COC4)cc3)c3ccccc3-c3ccc(N(c4ccc(-c5ccc(N(c6ccc7c(c6)C(c6ccc(OCCOCC)cc6)(c6ccc(OCC8(CC)COC8)cc6)c6ccccc6-7)c6c(F)cccc6F)cc5)cc4)c4c(F)cccc4F)cc32)cc1. The van der Waals surface area contributed by atoms with Crippen LogP contribution < -0.4 is 28.7 Å². The van der Waals surface area contributed by atoms with E-state index in [0.29, 0.717) is 114 Å². The molecule has 10 nitrogen and oxygen atoms in total.